The van der Waals surface area contributed by atoms with E-state index in [0.29, 0.717) is 37.6 Å². The van der Waals surface area contributed by atoms with Gasteiger partial charge in [0.15, 0.2) is 0 Å². The van der Waals surface area contributed by atoms with Crippen LogP contribution in [0.25, 0.3) is 0 Å². The predicted molar refractivity (Wildman–Crippen MR) is 115 cm³/mol. The van der Waals surface area contributed by atoms with Crippen molar-refractivity contribution in [3.05, 3.63) is 48.5 Å². The number of amides is 1. The minimum Gasteiger partial charge on any atom is -0.495 e. The van der Waals surface area contributed by atoms with E-state index in [2.05, 4.69) is 5.32 Å². The van der Waals surface area contributed by atoms with Crippen molar-refractivity contribution in [2.45, 2.75) is 37.0 Å². The molecule has 0 spiro atoms. The molecular weight excluding hydrogens is 404 g/mol. The molecule has 162 valence electrons. The van der Waals surface area contributed by atoms with E-state index in [1.807, 2.05) is 30.3 Å². The van der Waals surface area contributed by atoms with Gasteiger partial charge in [0.05, 0.1) is 24.3 Å². The quantitative estimate of drug-likeness (QED) is 0.611. The molecule has 0 unspecified atom stereocenters. The SMILES string of the molecule is COc1ccc(S(=O)(=O)N2CCCCC2)cc1NC(=O)CCCOc1ccccc1. The number of anilines is 1. The molecule has 1 heterocycles. The van der Waals surface area contributed by atoms with Gasteiger partial charge in [-0.15, -0.1) is 0 Å². The molecule has 1 aliphatic heterocycles. The Kier molecular flexibility index (Phi) is 7.70. The highest BCUT2D eigenvalue weighted by molar-refractivity contribution is 7.89. The number of ether oxygens (including phenoxy) is 2. The minimum atomic E-state index is -3.59. The monoisotopic (exact) mass is 432 g/mol. The topological polar surface area (TPSA) is 84.9 Å². The molecule has 0 saturated carbocycles. The van der Waals surface area contributed by atoms with E-state index in [0.717, 1.165) is 25.0 Å². The molecule has 1 N–H and O–H groups in total. The predicted octanol–water partition coefficient (Wildman–Crippen LogP) is 3.67. The molecule has 7 nitrogen and oxygen atoms in total. The molecule has 1 aliphatic rings. The molecule has 2 aromatic carbocycles. The summed E-state index contributed by atoms with van der Waals surface area (Å²) < 4.78 is 38.2. The third kappa shape index (κ3) is 5.73. The maximum absolute atomic E-state index is 12.9. The van der Waals surface area contributed by atoms with Gasteiger partial charge in [-0.2, -0.15) is 4.31 Å². The molecule has 0 aliphatic carbocycles. The van der Waals surface area contributed by atoms with E-state index < -0.39 is 10.0 Å². The Morgan fingerprint density at radius 1 is 1.07 bits per heavy atom. The Balaban J connectivity index is 1.61. The average Bonchev–Trinajstić information content (AvgIpc) is 2.78. The molecule has 0 radical (unpaired) electrons. The summed E-state index contributed by atoms with van der Waals surface area (Å²) in [5.41, 5.74) is 0.351. The van der Waals surface area contributed by atoms with Crippen LogP contribution in [0.15, 0.2) is 53.4 Å². The molecule has 1 saturated heterocycles. The summed E-state index contributed by atoms with van der Waals surface area (Å²) in [6, 6.07) is 14.0. The van der Waals surface area contributed by atoms with E-state index in [9.17, 15) is 13.2 Å². The van der Waals surface area contributed by atoms with Gasteiger partial charge in [0.25, 0.3) is 0 Å². The zero-order chi connectivity index (χ0) is 21.4. The molecule has 8 heteroatoms. The lowest BCUT2D eigenvalue weighted by molar-refractivity contribution is -0.116. The van der Waals surface area contributed by atoms with Crippen LogP contribution in [0.2, 0.25) is 0 Å². The highest BCUT2D eigenvalue weighted by Gasteiger charge is 2.26. The van der Waals surface area contributed by atoms with Gasteiger partial charge in [0.1, 0.15) is 11.5 Å². The Hall–Kier alpha value is -2.58. The van der Waals surface area contributed by atoms with Gasteiger partial charge >= 0.3 is 0 Å². The maximum Gasteiger partial charge on any atom is 0.243 e. The lowest BCUT2D eigenvalue weighted by Crippen LogP contribution is -2.35. The Morgan fingerprint density at radius 3 is 2.50 bits per heavy atom. The van der Waals surface area contributed by atoms with Gasteiger partial charge < -0.3 is 14.8 Å². The van der Waals surface area contributed by atoms with Crippen LogP contribution in [0.3, 0.4) is 0 Å². The number of piperidine rings is 1. The number of para-hydroxylation sites is 1. The Bertz CT molecular complexity index is 941. The number of hydrogen-bond acceptors (Lipinski definition) is 5. The highest BCUT2D eigenvalue weighted by atomic mass is 32.2. The number of rotatable bonds is 9. The van der Waals surface area contributed by atoms with Crippen LogP contribution < -0.4 is 14.8 Å². The second kappa shape index (κ2) is 10.4. The summed E-state index contributed by atoms with van der Waals surface area (Å²) in [4.78, 5) is 12.5. The number of carbonyl (C=O) groups excluding carboxylic acids is 1. The summed E-state index contributed by atoms with van der Waals surface area (Å²) in [5, 5.41) is 2.77. The smallest absolute Gasteiger partial charge is 0.243 e. The molecule has 1 fully saturated rings. The molecular formula is C22H28N2O5S. The zero-order valence-electron chi connectivity index (χ0n) is 17.2. The summed E-state index contributed by atoms with van der Waals surface area (Å²) in [6.45, 7) is 1.47. The molecule has 2 aromatic rings. The van der Waals surface area contributed by atoms with E-state index in [1.165, 1.54) is 23.5 Å². The summed E-state index contributed by atoms with van der Waals surface area (Å²) in [5.74, 6) is 0.953. The first kappa shape index (κ1) is 22.1. The number of sulfonamides is 1. The van der Waals surface area contributed by atoms with Crippen LogP contribution in [0.1, 0.15) is 32.1 Å². The van der Waals surface area contributed by atoms with Crippen molar-refractivity contribution >= 4 is 21.6 Å². The van der Waals surface area contributed by atoms with Crippen LogP contribution in [-0.2, 0) is 14.8 Å². The average molecular weight is 433 g/mol. The van der Waals surface area contributed by atoms with E-state index >= 15 is 0 Å². The Morgan fingerprint density at radius 2 is 1.80 bits per heavy atom. The number of nitrogens with zero attached hydrogens (tertiary/aromatic N) is 1. The fourth-order valence-corrected chi connectivity index (χ4v) is 4.90. The number of carbonyl (C=O) groups is 1. The molecule has 30 heavy (non-hydrogen) atoms. The second-order valence-corrected chi connectivity index (χ2v) is 9.08. The van der Waals surface area contributed by atoms with Gasteiger partial charge in [-0.25, -0.2) is 8.42 Å². The van der Waals surface area contributed by atoms with Crippen molar-refractivity contribution < 1.29 is 22.7 Å². The van der Waals surface area contributed by atoms with E-state index in [-0.39, 0.29) is 17.2 Å². The van der Waals surface area contributed by atoms with Gasteiger partial charge in [-0.1, -0.05) is 24.6 Å². The largest absolute Gasteiger partial charge is 0.495 e. The van der Waals surface area contributed by atoms with Crippen LogP contribution in [0, 0.1) is 0 Å². The molecule has 1 amide bonds. The Labute approximate surface area is 178 Å². The molecule has 0 aromatic heterocycles. The van der Waals surface area contributed by atoms with Gasteiger partial charge in [-0.05, 0) is 49.6 Å². The third-order valence-corrected chi connectivity index (χ3v) is 6.85. The van der Waals surface area contributed by atoms with E-state index in [1.54, 1.807) is 6.07 Å². The number of nitrogens with one attached hydrogen (secondary N) is 1. The summed E-state index contributed by atoms with van der Waals surface area (Å²) >= 11 is 0. The van der Waals surface area contributed by atoms with E-state index in [4.69, 9.17) is 9.47 Å². The summed E-state index contributed by atoms with van der Waals surface area (Å²) in [6.07, 6.45) is 3.56. The van der Waals surface area contributed by atoms with Crippen molar-refractivity contribution in [3.8, 4) is 11.5 Å². The van der Waals surface area contributed by atoms with Crippen molar-refractivity contribution in [2.75, 3.05) is 32.1 Å². The molecule has 0 atom stereocenters. The van der Waals surface area contributed by atoms with Crippen molar-refractivity contribution in [1.29, 1.82) is 0 Å². The zero-order valence-corrected chi connectivity index (χ0v) is 18.0. The number of benzene rings is 2. The van der Waals surface area contributed by atoms with Gasteiger partial charge in [-0.3, -0.25) is 4.79 Å². The van der Waals surface area contributed by atoms with Gasteiger partial charge in [0.2, 0.25) is 15.9 Å². The first-order valence-corrected chi connectivity index (χ1v) is 11.6. The van der Waals surface area contributed by atoms with Crippen LogP contribution >= 0.6 is 0 Å². The lowest BCUT2D eigenvalue weighted by atomic mass is 10.2. The number of hydrogen-bond donors (Lipinski definition) is 1. The van der Waals surface area contributed by atoms with Gasteiger partial charge in [0, 0.05) is 19.5 Å². The highest BCUT2D eigenvalue weighted by Crippen LogP contribution is 2.30. The van der Waals surface area contributed by atoms with Crippen LogP contribution in [0.4, 0.5) is 5.69 Å². The van der Waals surface area contributed by atoms with Crippen LogP contribution in [-0.4, -0.2) is 45.4 Å². The first-order valence-electron chi connectivity index (χ1n) is 10.2. The van der Waals surface area contributed by atoms with Crippen molar-refractivity contribution in [2.24, 2.45) is 0 Å². The maximum atomic E-state index is 12.9. The van der Waals surface area contributed by atoms with Crippen LogP contribution in [0.5, 0.6) is 11.5 Å². The fraction of sp³-hybridized carbons (Fsp3) is 0.409. The third-order valence-electron chi connectivity index (χ3n) is 4.96. The standard InChI is InChI=1S/C22H28N2O5S/c1-28-21-13-12-19(30(26,27)24-14-6-3-7-15-24)17-20(21)23-22(25)11-8-16-29-18-9-4-2-5-10-18/h2,4-5,9-10,12-13,17H,3,6-8,11,14-16H2,1H3,(H,23,25). The lowest BCUT2D eigenvalue weighted by Gasteiger charge is -2.26. The molecule has 3 rings (SSSR count). The van der Waals surface area contributed by atoms with Crippen molar-refractivity contribution in [1.82, 2.24) is 4.31 Å². The minimum absolute atomic E-state index is 0.160. The molecule has 0 bridgehead atoms. The second-order valence-electron chi connectivity index (χ2n) is 7.14. The normalized spacial score (nSPS) is 14.8. The summed E-state index contributed by atoms with van der Waals surface area (Å²) in [7, 11) is -2.11. The first-order chi connectivity index (χ1) is 14.5. The van der Waals surface area contributed by atoms with Crippen molar-refractivity contribution in [3.63, 3.8) is 0 Å². The fourth-order valence-electron chi connectivity index (χ4n) is 3.35. The number of methoxy groups -OCH3 is 1.